The zero-order valence-electron chi connectivity index (χ0n) is 9.89. The van der Waals surface area contributed by atoms with Crippen molar-refractivity contribution in [1.82, 2.24) is 0 Å². The first-order valence-electron chi connectivity index (χ1n) is 5.65. The van der Waals surface area contributed by atoms with Gasteiger partial charge in [0.15, 0.2) is 6.40 Å². The van der Waals surface area contributed by atoms with Gasteiger partial charge >= 0.3 is 6.36 Å². The summed E-state index contributed by atoms with van der Waals surface area (Å²) in [6.45, 7) is 0.965. The molecule has 0 radical (unpaired) electrons. The fourth-order valence-corrected chi connectivity index (χ4v) is 1.53. The van der Waals surface area contributed by atoms with Gasteiger partial charge in [-0.2, -0.15) is 0 Å². The quantitative estimate of drug-likeness (QED) is 0.829. The van der Waals surface area contributed by atoms with Crippen LogP contribution in [0.1, 0.15) is 6.42 Å². The van der Waals surface area contributed by atoms with Crippen molar-refractivity contribution in [2.75, 3.05) is 13.2 Å². The maximum absolute atomic E-state index is 11.9. The van der Waals surface area contributed by atoms with Crippen LogP contribution in [0.15, 0.2) is 29.3 Å². The molecule has 7 heteroatoms. The number of benzene rings is 1. The minimum atomic E-state index is -4.68. The summed E-state index contributed by atoms with van der Waals surface area (Å²) in [7, 11) is 0. The van der Waals surface area contributed by atoms with Crippen LogP contribution in [0.2, 0.25) is 0 Å². The molecule has 19 heavy (non-hydrogen) atoms. The Morgan fingerprint density at radius 1 is 1.21 bits per heavy atom. The monoisotopic (exact) mass is 275 g/mol. The number of aliphatic imine (C=N–C) groups is 1. The maximum atomic E-state index is 11.9. The molecule has 0 aromatic heterocycles. The molecule has 1 unspecified atom stereocenters. The third kappa shape index (κ3) is 4.69. The van der Waals surface area contributed by atoms with E-state index in [1.807, 2.05) is 0 Å². The fraction of sp³-hybridized carbons (Fsp3) is 0.417. The van der Waals surface area contributed by atoms with Gasteiger partial charge in [0.1, 0.15) is 18.1 Å². The van der Waals surface area contributed by atoms with Crippen molar-refractivity contribution < 1.29 is 27.4 Å². The van der Waals surface area contributed by atoms with Crippen molar-refractivity contribution in [3.05, 3.63) is 24.3 Å². The largest absolute Gasteiger partial charge is 0.573 e. The molecule has 104 valence electrons. The third-order valence-electron chi connectivity index (χ3n) is 2.41. The Morgan fingerprint density at radius 3 is 2.47 bits per heavy atom. The lowest BCUT2D eigenvalue weighted by molar-refractivity contribution is -0.274. The fourth-order valence-electron chi connectivity index (χ4n) is 1.53. The van der Waals surface area contributed by atoms with E-state index >= 15 is 0 Å². The molecule has 4 nitrogen and oxygen atoms in total. The van der Waals surface area contributed by atoms with Crippen LogP contribution >= 0.6 is 0 Å². The van der Waals surface area contributed by atoms with Crippen molar-refractivity contribution >= 4 is 6.40 Å². The van der Waals surface area contributed by atoms with Gasteiger partial charge in [-0.1, -0.05) is 0 Å². The molecule has 2 rings (SSSR count). The molecular formula is C12H12F3NO3. The highest BCUT2D eigenvalue weighted by molar-refractivity contribution is 5.48. The minimum absolute atomic E-state index is 0.0906. The van der Waals surface area contributed by atoms with E-state index in [4.69, 9.17) is 9.47 Å². The summed E-state index contributed by atoms with van der Waals surface area (Å²) in [5.74, 6) is 0.214. The number of halogens is 3. The van der Waals surface area contributed by atoms with Crippen LogP contribution in [0.5, 0.6) is 11.5 Å². The van der Waals surface area contributed by atoms with Gasteiger partial charge in [-0.3, -0.25) is 4.99 Å². The van der Waals surface area contributed by atoms with Gasteiger partial charge in [-0.15, -0.1) is 13.2 Å². The summed E-state index contributed by atoms with van der Waals surface area (Å²) < 4.78 is 49.9. The number of rotatable bonds is 5. The highest BCUT2D eigenvalue weighted by atomic mass is 19.4. The number of hydrogen-bond acceptors (Lipinski definition) is 4. The normalized spacial score (nSPS) is 18.2. The van der Waals surface area contributed by atoms with Crippen LogP contribution in [0.25, 0.3) is 0 Å². The molecule has 0 N–H and O–H groups in total. The Morgan fingerprint density at radius 2 is 1.89 bits per heavy atom. The van der Waals surface area contributed by atoms with Crippen LogP contribution in [0, 0.1) is 0 Å². The molecule has 1 aliphatic rings. The molecule has 1 aliphatic heterocycles. The summed E-state index contributed by atoms with van der Waals surface area (Å²) in [4.78, 5) is 4.05. The molecule has 0 saturated heterocycles. The smallest absolute Gasteiger partial charge is 0.494 e. The van der Waals surface area contributed by atoms with E-state index in [2.05, 4.69) is 9.73 Å². The lowest BCUT2D eigenvalue weighted by Crippen LogP contribution is -2.17. The van der Waals surface area contributed by atoms with Gasteiger partial charge in [0.05, 0.1) is 12.6 Å². The molecule has 0 fully saturated rings. The van der Waals surface area contributed by atoms with E-state index < -0.39 is 6.36 Å². The summed E-state index contributed by atoms with van der Waals surface area (Å²) in [6, 6.07) is 5.36. The minimum Gasteiger partial charge on any atom is -0.494 e. The first-order chi connectivity index (χ1) is 9.03. The highest BCUT2D eigenvalue weighted by Gasteiger charge is 2.30. The molecule has 1 atom stereocenters. The van der Waals surface area contributed by atoms with Crippen molar-refractivity contribution in [1.29, 1.82) is 0 Å². The van der Waals surface area contributed by atoms with Crippen LogP contribution in [-0.4, -0.2) is 32.0 Å². The molecule has 0 amide bonds. The van der Waals surface area contributed by atoms with Crippen LogP contribution in [-0.2, 0) is 4.74 Å². The number of ether oxygens (including phenoxy) is 3. The summed E-state index contributed by atoms with van der Waals surface area (Å²) >= 11 is 0. The highest BCUT2D eigenvalue weighted by Crippen LogP contribution is 2.24. The standard InChI is InChI=1S/C12H12F3NO3/c13-12(14,15)19-11-3-1-10(2-4-11)18-6-5-9-7-17-8-16-9/h1-4,8-9H,5-7H2. The van der Waals surface area contributed by atoms with E-state index in [0.717, 1.165) is 0 Å². The first kappa shape index (κ1) is 13.5. The van der Waals surface area contributed by atoms with Crippen molar-refractivity contribution in [2.45, 2.75) is 18.8 Å². The van der Waals surface area contributed by atoms with Crippen LogP contribution < -0.4 is 9.47 Å². The van der Waals surface area contributed by atoms with E-state index in [1.165, 1.54) is 30.7 Å². The topological polar surface area (TPSA) is 40.0 Å². The lowest BCUT2D eigenvalue weighted by atomic mass is 10.2. The van der Waals surface area contributed by atoms with E-state index in [1.54, 1.807) is 0 Å². The summed E-state index contributed by atoms with van der Waals surface area (Å²) in [5.41, 5.74) is 0. The molecule has 1 heterocycles. The van der Waals surface area contributed by atoms with Gasteiger partial charge in [0.25, 0.3) is 0 Å². The first-order valence-corrected chi connectivity index (χ1v) is 5.65. The number of hydrogen-bond donors (Lipinski definition) is 0. The Bertz CT molecular complexity index is 431. The van der Waals surface area contributed by atoms with Gasteiger partial charge in [-0.05, 0) is 24.3 Å². The molecule has 0 bridgehead atoms. The van der Waals surface area contributed by atoms with Crippen molar-refractivity contribution in [3.63, 3.8) is 0 Å². The second kappa shape index (κ2) is 5.81. The zero-order chi connectivity index (χ0) is 13.7. The van der Waals surface area contributed by atoms with E-state index in [0.29, 0.717) is 25.4 Å². The third-order valence-corrected chi connectivity index (χ3v) is 2.41. The molecule has 0 spiro atoms. The zero-order valence-corrected chi connectivity index (χ0v) is 9.89. The average molecular weight is 275 g/mol. The Balaban J connectivity index is 1.76. The summed E-state index contributed by atoms with van der Waals surface area (Å²) in [6.07, 6.45) is -2.58. The van der Waals surface area contributed by atoms with Gasteiger partial charge in [0.2, 0.25) is 0 Å². The van der Waals surface area contributed by atoms with Gasteiger partial charge < -0.3 is 14.2 Å². The average Bonchev–Trinajstić information content (AvgIpc) is 2.82. The van der Waals surface area contributed by atoms with Gasteiger partial charge in [0, 0.05) is 6.42 Å². The van der Waals surface area contributed by atoms with Crippen molar-refractivity contribution in [2.24, 2.45) is 4.99 Å². The SMILES string of the molecule is FC(F)(F)Oc1ccc(OCCC2COC=N2)cc1. The van der Waals surface area contributed by atoms with Gasteiger partial charge in [-0.25, -0.2) is 0 Å². The molecule has 1 aromatic carbocycles. The second-order valence-corrected chi connectivity index (χ2v) is 3.90. The Kier molecular flexibility index (Phi) is 4.13. The van der Waals surface area contributed by atoms with Crippen LogP contribution in [0.3, 0.4) is 0 Å². The number of alkyl halides is 3. The Hall–Kier alpha value is -1.92. The molecule has 1 aromatic rings. The summed E-state index contributed by atoms with van der Waals surface area (Å²) in [5, 5.41) is 0. The molecular weight excluding hydrogens is 263 g/mol. The number of nitrogens with zero attached hydrogens (tertiary/aromatic N) is 1. The lowest BCUT2D eigenvalue weighted by Gasteiger charge is -2.10. The molecule has 0 saturated carbocycles. The van der Waals surface area contributed by atoms with Crippen LogP contribution in [0.4, 0.5) is 13.2 Å². The predicted octanol–water partition coefficient (Wildman–Crippen LogP) is 2.78. The Labute approximate surface area is 107 Å². The van der Waals surface area contributed by atoms with E-state index in [9.17, 15) is 13.2 Å². The second-order valence-electron chi connectivity index (χ2n) is 3.90. The predicted molar refractivity (Wildman–Crippen MR) is 61.5 cm³/mol. The van der Waals surface area contributed by atoms with E-state index in [-0.39, 0.29) is 11.8 Å². The van der Waals surface area contributed by atoms with Crippen molar-refractivity contribution in [3.8, 4) is 11.5 Å². The maximum Gasteiger partial charge on any atom is 0.573 e. The molecule has 0 aliphatic carbocycles.